The van der Waals surface area contributed by atoms with Gasteiger partial charge in [-0.15, -0.1) is 0 Å². The molecule has 1 aromatic heterocycles. The van der Waals surface area contributed by atoms with Gasteiger partial charge in [0.1, 0.15) is 28.3 Å². The Morgan fingerprint density at radius 3 is 2.41 bits per heavy atom. The molecule has 0 bridgehead atoms. The van der Waals surface area contributed by atoms with E-state index in [9.17, 15) is 23.1 Å². The minimum Gasteiger partial charge on any atom is -0.508 e. The number of aryl methyl sites for hydroxylation is 1. The topological polar surface area (TPSA) is 68.7 Å². The van der Waals surface area contributed by atoms with Crippen molar-refractivity contribution in [2.75, 3.05) is 0 Å². The molecule has 1 aromatic carbocycles. The first kappa shape index (κ1) is 24.1. The van der Waals surface area contributed by atoms with Gasteiger partial charge in [-0.1, -0.05) is 24.6 Å². The molecule has 1 aliphatic rings. The van der Waals surface area contributed by atoms with Crippen LogP contribution in [0, 0.1) is 0 Å². The van der Waals surface area contributed by atoms with Crippen LogP contribution in [0.3, 0.4) is 0 Å². The molecule has 5 nitrogen and oxygen atoms in total. The van der Waals surface area contributed by atoms with Crippen molar-refractivity contribution in [3.8, 4) is 11.6 Å². The Labute approximate surface area is 188 Å². The van der Waals surface area contributed by atoms with E-state index in [4.69, 9.17) is 21.1 Å². The molecule has 0 amide bonds. The molecule has 1 aliphatic heterocycles. The van der Waals surface area contributed by atoms with Gasteiger partial charge in [-0.3, -0.25) is 4.79 Å². The van der Waals surface area contributed by atoms with Gasteiger partial charge in [0, 0.05) is 6.20 Å². The molecule has 2 heterocycles. The van der Waals surface area contributed by atoms with Crippen LogP contribution >= 0.6 is 11.6 Å². The maximum absolute atomic E-state index is 13.4. The van der Waals surface area contributed by atoms with Crippen LogP contribution in [0.2, 0.25) is 5.02 Å². The second-order valence-corrected chi connectivity index (χ2v) is 8.89. The summed E-state index contributed by atoms with van der Waals surface area (Å²) in [5.41, 5.74) is -2.37. The first-order valence-corrected chi connectivity index (χ1v) is 10.3. The zero-order valence-electron chi connectivity index (χ0n) is 18.2. The number of alkyl halides is 3. The summed E-state index contributed by atoms with van der Waals surface area (Å²) in [7, 11) is 0. The summed E-state index contributed by atoms with van der Waals surface area (Å²) in [6, 6.07) is 5.27. The minimum absolute atomic E-state index is 0.0210. The lowest BCUT2D eigenvalue weighted by atomic mass is 9.81. The van der Waals surface area contributed by atoms with Gasteiger partial charge in [0.25, 0.3) is 0 Å². The van der Waals surface area contributed by atoms with E-state index in [1.165, 1.54) is 12.1 Å². The Kier molecular flexibility index (Phi) is 6.08. The molecule has 3 rings (SSSR count). The molecule has 0 fully saturated rings. The van der Waals surface area contributed by atoms with Gasteiger partial charge in [-0.25, -0.2) is 4.98 Å². The van der Waals surface area contributed by atoms with E-state index in [-0.39, 0.29) is 22.1 Å². The number of aliphatic hydroxyl groups excluding tert-OH is 1. The number of carbonyl (C=O) groups is 1. The summed E-state index contributed by atoms with van der Waals surface area (Å²) in [5, 5.41) is 10.7. The highest BCUT2D eigenvalue weighted by Gasteiger charge is 2.47. The number of rotatable bonds is 4. The first-order valence-electron chi connectivity index (χ1n) is 9.90. The Bertz CT molecular complexity index is 1110. The molecule has 0 saturated heterocycles. The summed E-state index contributed by atoms with van der Waals surface area (Å²) in [5.74, 6) is -1.35. The third-order valence-corrected chi connectivity index (χ3v) is 5.37. The van der Waals surface area contributed by atoms with E-state index in [0.29, 0.717) is 17.5 Å². The zero-order chi connectivity index (χ0) is 24.1. The number of ketones is 1. The fourth-order valence-corrected chi connectivity index (χ4v) is 3.83. The molecule has 172 valence electrons. The number of hydrogen-bond acceptors (Lipinski definition) is 5. The smallest absolute Gasteiger partial charge is 0.421 e. The third kappa shape index (κ3) is 4.47. The zero-order valence-corrected chi connectivity index (χ0v) is 19.0. The standard InChI is InChI=1S/C23H23ClF3NO4/c1-6-12-7-8-14(31-20-16(23(25,26)27)9-13(24)11-28-20)10-15(12)17-18(29)21(2,3)32-22(4,5)19(17)30/h7-11,29H,6H2,1-5H3. The van der Waals surface area contributed by atoms with Crippen molar-refractivity contribution in [1.82, 2.24) is 4.98 Å². The van der Waals surface area contributed by atoms with Gasteiger partial charge < -0.3 is 14.6 Å². The quantitative estimate of drug-likeness (QED) is 0.551. The largest absolute Gasteiger partial charge is 0.508 e. The molecular formula is C23H23ClF3NO4. The van der Waals surface area contributed by atoms with Crippen LogP contribution in [0.5, 0.6) is 11.6 Å². The number of hydrogen-bond donors (Lipinski definition) is 1. The number of carbonyl (C=O) groups excluding carboxylic acids is 1. The number of aliphatic hydroxyl groups is 1. The van der Waals surface area contributed by atoms with Crippen molar-refractivity contribution < 1.29 is 32.5 Å². The summed E-state index contributed by atoms with van der Waals surface area (Å²) in [4.78, 5) is 16.8. The molecule has 0 spiro atoms. The number of Topliss-reactive ketones (excluding diaryl/α,β-unsaturated/α-hetero) is 1. The van der Waals surface area contributed by atoms with Crippen LogP contribution in [0.1, 0.15) is 51.3 Å². The van der Waals surface area contributed by atoms with Gasteiger partial charge >= 0.3 is 6.18 Å². The molecule has 0 atom stereocenters. The minimum atomic E-state index is -4.73. The first-order chi connectivity index (χ1) is 14.7. The molecule has 0 radical (unpaired) electrons. The highest BCUT2D eigenvalue weighted by atomic mass is 35.5. The molecule has 0 aliphatic carbocycles. The monoisotopic (exact) mass is 469 g/mol. The fraction of sp³-hybridized carbons (Fsp3) is 0.391. The number of halogens is 4. The summed E-state index contributed by atoms with van der Waals surface area (Å²) < 4.78 is 51.5. The molecular weight excluding hydrogens is 447 g/mol. The average molecular weight is 470 g/mol. The Morgan fingerprint density at radius 2 is 1.81 bits per heavy atom. The van der Waals surface area contributed by atoms with Crippen LogP contribution in [-0.2, 0) is 22.1 Å². The molecule has 0 unspecified atom stereocenters. The molecule has 2 aromatic rings. The lowest BCUT2D eigenvalue weighted by Crippen LogP contribution is -2.49. The molecule has 0 saturated carbocycles. The fourth-order valence-electron chi connectivity index (χ4n) is 3.67. The second-order valence-electron chi connectivity index (χ2n) is 8.45. The van der Waals surface area contributed by atoms with E-state index in [1.54, 1.807) is 33.8 Å². The third-order valence-electron chi connectivity index (χ3n) is 5.16. The number of nitrogens with zero attached hydrogens (tertiary/aromatic N) is 1. The molecule has 32 heavy (non-hydrogen) atoms. The number of benzene rings is 1. The Balaban J connectivity index is 2.15. The SMILES string of the molecule is CCc1ccc(Oc2ncc(Cl)cc2C(F)(F)F)cc1C1=C(O)C(C)(C)OC(C)(C)C1=O. The van der Waals surface area contributed by atoms with Crippen molar-refractivity contribution in [1.29, 1.82) is 0 Å². The number of pyridine rings is 1. The van der Waals surface area contributed by atoms with Crippen molar-refractivity contribution in [3.05, 3.63) is 57.9 Å². The summed E-state index contributed by atoms with van der Waals surface area (Å²) in [6.07, 6.45) is -3.17. The number of ether oxygens (including phenoxy) is 2. The highest BCUT2D eigenvalue weighted by Crippen LogP contribution is 2.43. The van der Waals surface area contributed by atoms with E-state index in [1.807, 2.05) is 6.92 Å². The second kappa shape index (κ2) is 8.08. The van der Waals surface area contributed by atoms with Crippen molar-refractivity contribution in [2.45, 2.75) is 58.4 Å². The van der Waals surface area contributed by atoms with Crippen LogP contribution in [0.4, 0.5) is 13.2 Å². The molecule has 1 N–H and O–H groups in total. The average Bonchev–Trinajstić information content (AvgIpc) is 2.67. The lowest BCUT2D eigenvalue weighted by molar-refractivity contribution is -0.158. The summed E-state index contributed by atoms with van der Waals surface area (Å²) >= 11 is 5.68. The van der Waals surface area contributed by atoms with Gasteiger partial charge in [0.15, 0.2) is 5.78 Å². The van der Waals surface area contributed by atoms with Gasteiger partial charge in [-0.2, -0.15) is 13.2 Å². The Morgan fingerprint density at radius 1 is 1.16 bits per heavy atom. The number of aromatic nitrogens is 1. The predicted molar refractivity (Wildman–Crippen MR) is 114 cm³/mol. The van der Waals surface area contributed by atoms with Gasteiger partial charge in [0.05, 0.1) is 10.6 Å². The van der Waals surface area contributed by atoms with E-state index in [0.717, 1.165) is 12.3 Å². The van der Waals surface area contributed by atoms with E-state index >= 15 is 0 Å². The normalized spacial score (nSPS) is 18.1. The lowest BCUT2D eigenvalue weighted by Gasteiger charge is -2.40. The van der Waals surface area contributed by atoms with Crippen molar-refractivity contribution >= 4 is 23.0 Å². The van der Waals surface area contributed by atoms with Crippen LogP contribution < -0.4 is 4.74 Å². The van der Waals surface area contributed by atoms with Crippen LogP contribution in [0.15, 0.2) is 36.2 Å². The van der Waals surface area contributed by atoms with Crippen LogP contribution in [0.25, 0.3) is 5.57 Å². The van der Waals surface area contributed by atoms with Crippen LogP contribution in [-0.4, -0.2) is 27.1 Å². The van der Waals surface area contributed by atoms with Crippen molar-refractivity contribution in [3.63, 3.8) is 0 Å². The Hall–Kier alpha value is -2.58. The van der Waals surface area contributed by atoms with Crippen molar-refractivity contribution in [2.24, 2.45) is 0 Å². The van der Waals surface area contributed by atoms with Gasteiger partial charge in [0.2, 0.25) is 5.88 Å². The van der Waals surface area contributed by atoms with Gasteiger partial charge in [-0.05, 0) is 63.4 Å². The molecule has 9 heteroatoms. The van der Waals surface area contributed by atoms with E-state index in [2.05, 4.69) is 4.98 Å². The highest BCUT2D eigenvalue weighted by molar-refractivity contribution is 6.30. The summed E-state index contributed by atoms with van der Waals surface area (Å²) in [6.45, 7) is 8.33. The maximum atomic E-state index is 13.4. The predicted octanol–water partition coefficient (Wildman–Crippen LogP) is 6.53. The maximum Gasteiger partial charge on any atom is 0.421 e. The van der Waals surface area contributed by atoms with E-state index < -0.39 is 34.6 Å².